The fourth-order valence-corrected chi connectivity index (χ4v) is 2.19. The van der Waals surface area contributed by atoms with Crippen molar-refractivity contribution in [3.05, 3.63) is 18.1 Å². The summed E-state index contributed by atoms with van der Waals surface area (Å²) < 4.78 is 11.6. The van der Waals surface area contributed by atoms with E-state index in [0.29, 0.717) is 18.1 Å². The average molecular weight is 237 g/mol. The van der Waals surface area contributed by atoms with Crippen LogP contribution in [0.25, 0.3) is 0 Å². The Morgan fingerprint density at radius 3 is 2.59 bits per heavy atom. The molecule has 2 unspecified atom stereocenters. The molecule has 17 heavy (non-hydrogen) atoms. The van der Waals surface area contributed by atoms with Crippen LogP contribution in [-0.2, 0) is 11.3 Å². The maximum Gasteiger partial charge on any atom is 0.237 e. The maximum atomic E-state index is 5.88. The molecule has 1 aliphatic rings. The molecule has 1 aromatic heterocycles. The first-order valence-corrected chi connectivity index (χ1v) is 6.01. The average Bonchev–Trinajstić information content (AvgIpc) is 2.28. The fraction of sp³-hybridized carbons (Fsp3) is 0.667. The second-order valence-corrected chi connectivity index (χ2v) is 4.48. The molecule has 2 N–H and O–H groups in total. The third-order valence-electron chi connectivity index (χ3n) is 2.86. The first-order chi connectivity index (χ1) is 8.19. The first kappa shape index (κ1) is 12.3. The van der Waals surface area contributed by atoms with E-state index in [1.807, 2.05) is 0 Å². The molecule has 2 heterocycles. The Balaban J connectivity index is 2.04. The molecule has 0 amide bonds. The molecular formula is C12H19N3O2. The number of hydrogen-bond donors (Lipinski definition) is 1. The van der Waals surface area contributed by atoms with Gasteiger partial charge in [0.1, 0.15) is 11.8 Å². The van der Waals surface area contributed by atoms with Crippen LogP contribution in [0.4, 0.5) is 0 Å². The van der Waals surface area contributed by atoms with Gasteiger partial charge in [-0.25, -0.2) is 4.98 Å². The number of nitrogens with zero attached hydrogens (tertiary/aromatic N) is 2. The molecule has 5 heteroatoms. The van der Waals surface area contributed by atoms with Crippen LogP contribution in [0.5, 0.6) is 5.88 Å². The minimum Gasteiger partial charge on any atom is -0.473 e. The first-order valence-electron chi connectivity index (χ1n) is 6.01. The molecule has 1 aliphatic heterocycles. The summed E-state index contributed by atoms with van der Waals surface area (Å²) in [7, 11) is 0. The highest BCUT2D eigenvalue weighted by atomic mass is 16.5. The second kappa shape index (κ2) is 5.42. The third kappa shape index (κ3) is 3.14. The molecule has 0 radical (unpaired) electrons. The summed E-state index contributed by atoms with van der Waals surface area (Å²) >= 11 is 0. The molecule has 0 aromatic carbocycles. The van der Waals surface area contributed by atoms with Gasteiger partial charge in [-0.15, -0.1) is 0 Å². The summed E-state index contributed by atoms with van der Waals surface area (Å²) in [5.41, 5.74) is 6.31. The van der Waals surface area contributed by atoms with Crippen molar-refractivity contribution < 1.29 is 9.47 Å². The van der Waals surface area contributed by atoms with Gasteiger partial charge in [-0.3, -0.25) is 4.98 Å². The van der Waals surface area contributed by atoms with Crippen LogP contribution in [0.1, 0.15) is 32.4 Å². The van der Waals surface area contributed by atoms with Crippen molar-refractivity contribution in [3.8, 4) is 5.88 Å². The van der Waals surface area contributed by atoms with E-state index in [0.717, 1.165) is 12.8 Å². The minimum atomic E-state index is 0.135. The van der Waals surface area contributed by atoms with Gasteiger partial charge in [0.2, 0.25) is 5.88 Å². The summed E-state index contributed by atoms with van der Waals surface area (Å²) in [5.74, 6) is 0.557. The summed E-state index contributed by atoms with van der Waals surface area (Å²) in [6.07, 6.45) is 5.60. The smallest absolute Gasteiger partial charge is 0.237 e. The van der Waals surface area contributed by atoms with Crippen molar-refractivity contribution in [1.29, 1.82) is 0 Å². The Kier molecular flexibility index (Phi) is 3.91. The van der Waals surface area contributed by atoms with Gasteiger partial charge >= 0.3 is 0 Å². The summed E-state index contributed by atoms with van der Waals surface area (Å²) in [5, 5.41) is 0. The van der Waals surface area contributed by atoms with E-state index in [9.17, 15) is 0 Å². The summed E-state index contributed by atoms with van der Waals surface area (Å²) in [6, 6.07) is 0. The van der Waals surface area contributed by atoms with E-state index in [2.05, 4.69) is 23.8 Å². The van der Waals surface area contributed by atoms with Crippen LogP contribution in [-0.4, -0.2) is 28.3 Å². The molecular weight excluding hydrogens is 218 g/mol. The van der Waals surface area contributed by atoms with Crippen LogP contribution in [0.3, 0.4) is 0 Å². The van der Waals surface area contributed by atoms with Crippen molar-refractivity contribution >= 4 is 0 Å². The van der Waals surface area contributed by atoms with E-state index in [4.69, 9.17) is 15.2 Å². The van der Waals surface area contributed by atoms with Crippen LogP contribution in [0, 0.1) is 0 Å². The monoisotopic (exact) mass is 237 g/mol. The van der Waals surface area contributed by atoms with Gasteiger partial charge < -0.3 is 15.2 Å². The number of aromatic nitrogens is 2. The molecule has 1 aromatic rings. The maximum absolute atomic E-state index is 5.88. The Bertz CT molecular complexity index is 363. The van der Waals surface area contributed by atoms with E-state index in [1.54, 1.807) is 12.4 Å². The van der Waals surface area contributed by atoms with Crippen molar-refractivity contribution in [1.82, 2.24) is 9.97 Å². The highest BCUT2D eigenvalue weighted by Gasteiger charge is 2.26. The lowest BCUT2D eigenvalue weighted by molar-refractivity contribution is -0.0732. The van der Waals surface area contributed by atoms with Crippen molar-refractivity contribution in [3.63, 3.8) is 0 Å². The lowest BCUT2D eigenvalue weighted by atomic mass is 10.0. The highest BCUT2D eigenvalue weighted by Crippen LogP contribution is 2.24. The Hall–Kier alpha value is -1.20. The van der Waals surface area contributed by atoms with E-state index < -0.39 is 0 Å². The highest BCUT2D eigenvalue weighted by molar-refractivity contribution is 5.17. The third-order valence-corrected chi connectivity index (χ3v) is 2.86. The van der Waals surface area contributed by atoms with Crippen LogP contribution < -0.4 is 10.5 Å². The molecule has 0 bridgehead atoms. The van der Waals surface area contributed by atoms with Gasteiger partial charge in [0.25, 0.3) is 0 Å². The molecule has 0 aliphatic carbocycles. The quantitative estimate of drug-likeness (QED) is 0.857. The van der Waals surface area contributed by atoms with Gasteiger partial charge in [0, 0.05) is 31.8 Å². The van der Waals surface area contributed by atoms with Crippen LogP contribution >= 0.6 is 0 Å². The van der Waals surface area contributed by atoms with Crippen molar-refractivity contribution in [2.45, 2.75) is 51.5 Å². The van der Waals surface area contributed by atoms with Gasteiger partial charge in [-0.05, 0) is 13.8 Å². The standard InChI is InChI=1S/C12H19N3O2/c1-8-5-10(6-9(2)16-8)17-12-11(7-13)14-3-4-15-12/h3-4,8-10H,5-7,13H2,1-2H3. The Morgan fingerprint density at radius 2 is 1.94 bits per heavy atom. The zero-order valence-electron chi connectivity index (χ0n) is 10.3. The van der Waals surface area contributed by atoms with E-state index in [-0.39, 0.29) is 18.3 Å². The molecule has 0 spiro atoms. The Labute approximate surface area is 101 Å². The lowest BCUT2D eigenvalue weighted by Gasteiger charge is -2.32. The predicted octanol–water partition coefficient (Wildman–Crippen LogP) is 1.27. The molecule has 2 atom stereocenters. The van der Waals surface area contributed by atoms with E-state index >= 15 is 0 Å². The topological polar surface area (TPSA) is 70.3 Å². The van der Waals surface area contributed by atoms with Gasteiger partial charge in [-0.2, -0.15) is 0 Å². The zero-order chi connectivity index (χ0) is 12.3. The van der Waals surface area contributed by atoms with Gasteiger partial charge in [0.15, 0.2) is 0 Å². The number of rotatable bonds is 3. The SMILES string of the molecule is CC1CC(Oc2nccnc2CN)CC(C)O1. The molecule has 1 saturated heterocycles. The summed E-state index contributed by atoms with van der Waals surface area (Å²) in [6.45, 7) is 4.47. The van der Waals surface area contributed by atoms with Gasteiger partial charge in [0.05, 0.1) is 12.2 Å². The lowest BCUT2D eigenvalue weighted by Crippen LogP contribution is -2.36. The number of nitrogens with two attached hydrogens (primary N) is 1. The van der Waals surface area contributed by atoms with Gasteiger partial charge in [-0.1, -0.05) is 0 Å². The molecule has 5 nitrogen and oxygen atoms in total. The largest absolute Gasteiger partial charge is 0.473 e. The second-order valence-electron chi connectivity index (χ2n) is 4.48. The molecule has 94 valence electrons. The normalized spacial score (nSPS) is 29.0. The van der Waals surface area contributed by atoms with Crippen molar-refractivity contribution in [2.75, 3.05) is 0 Å². The molecule has 1 fully saturated rings. The Morgan fingerprint density at radius 1 is 1.29 bits per heavy atom. The number of hydrogen-bond acceptors (Lipinski definition) is 5. The van der Waals surface area contributed by atoms with Crippen LogP contribution in [0.15, 0.2) is 12.4 Å². The predicted molar refractivity (Wildman–Crippen MR) is 63.6 cm³/mol. The van der Waals surface area contributed by atoms with Crippen molar-refractivity contribution in [2.24, 2.45) is 5.73 Å². The molecule has 0 saturated carbocycles. The number of ether oxygens (including phenoxy) is 2. The zero-order valence-corrected chi connectivity index (χ0v) is 10.3. The molecule has 2 rings (SSSR count). The van der Waals surface area contributed by atoms with Crippen LogP contribution in [0.2, 0.25) is 0 Å². The fourth-order valence-electron chi connectivity index (χ4n) is 2.19. The minimum absolute atomic E-state index is 0.135. The summed E-state index contributed by atoms with van der Waals surface area (Å²) in [4.78, 5) is 8.35. The van der Waals surface area contributed by atoms with E-state index in [1.165, 1.54) is 0 Å².